The van der Waals surface area contributed by atoms with Gasteiger partial charge in [-0.1, -0.05) is 12.1 Å². The number of benzene rings is 2. The summed E-state index contributed by atoms with van der Waals surface area (Å²) in [6.45, 7) is 1.34. The Labute approximate surface area is 181 Å². The standard InChI is InChI=1S/C23H28FN3O4/c1-26(19-8-5-4-7-18(19)24)12-6-11-25-23(29)16-13-22(28)27(15-16)20-10-9-17(30-2)14-21(20)31-3/h4-5,7-10,14,16H,6,11-13,15H2,1-3H3,(H,25,29). The first-order chi connectivity index (χ1) is 14.9. The smallest absolute Gasteiger partial charge is 0.227 e. The van der Waals surface area contributed by atoms with Gasteiger partial charge in [0, 0.05) is 39.2 Å². The average Bonchev–Trinajstić information content (AvgIpc) is 3.17. The van der Waals surface area contributed by atoms with Gasteiger partial charge in [0.2, 0.25) is 11.8 Å². The third-order valence-corrected chi connectivity index (χ3v) is 5.41. The lowest BCUT2D eigenvalue weighted by molar-refractivity contribution is -0.126. The number of methoxy groups -OCH3 is 2. The minimum absolute atomic E-state index is 0.122. The maximum absolute atomic E-state index is 13.8. The number of hydrogen-bond acceptors (Lipinski definition) is 5. The van der Waals surface area contributed by atoms with Crippen LogP contribution >= 0.6 is 0 Å². The zero-order chi connectivity index (χ0) is 22.4. The van der Waals surface area contributed by atoms with E-state index in [-0.39, 0.29) is 24.1 Å². The van der Waals surface area contributed by atoms with Crippen molar-refractivity contribution in [1.29, 1.82) is 0 Å². The third kappa shape index (κ3) is 5.25. The number of ether oxygens (including phenoxy) is 2. The summed E-state index contributed by atoms with van der Waals surface area (Å²) >= 11 is 0. The van der Waals surface area contributed by atoms with E-state index in [9.17, 15) is 14.0 Å². The molecule has 0 aliphatic carbocycles. The number of amides is 2. The molecule has 31 heavy (non-hydrogen) atoms. The van der Waals surface area contributed by atoms with E-state index in [1.54, 1.807) is 48.4 Å². The highest BCUT2D eigenvalue weighted by Crippen LogP contribution is 2.35. The van der Waals surface area contributed by atoms with Gasteiger partial charge in [-0.2, -0.15) is 0 Å². The molecule has 1 fully saturated rings. The van der Waals surface area contributed by atoms with Crippen LogP contribution in [0.15, 0.2) is 42.5 Å². The number of rotatable bonds is 9. The van der Waals surface area contributed by atoms with Gasteiger partial charge in [-0.05, 0) is 30.7 Å². The number of para-hydroxylation sites is 1. The fourth-order valence-corrected chi connectivity index (χ4v) is 3.68. The first-order valence-corrected chi connectivity index (χ1v) is 10.2. The molecule has 2 amide bonds. The quantitative estimate of drug-likeness (QED) is 0.621. The van der Waals surface area contributed by atoms with E-state index in [1.165, 1.54) is 13.2 Å². The lowest BCUT2D eigenvalue weighted by atomic mass is 10.1. The van der Waals surface area contributed by atoms with Crippen molar-refractivity contribution in [2.24, 2.45) is 5.92 Å². The van der Waals surface area contributed by atoms with E-state index < -0.39 is 5.92 Å². The predicted octanol–water partition coefficient (Wildman–Crippen LogP) is 2.84. The minimum atomic E-state index is -0.427. The second-order valence-corrected chi connectivity index (χ2v) is 7.46. The molecular formula is C23H28FN3O4. The second-order valence-electron chi connectivity index (χ2n) is 7.46. The summed E-state index contributed by atoms with van der Waals surface area (Å²) in [7, 11) is 4.90. The minimum Gasteiger partial charge on any atom is -0.497 e. The molecule has 1 atom stereocenters. The highest BCUT2D eigenvalue weighted by Gasteiger charge is 2.36. The van der Waals surface area contributed by atoms with Crippen LogP contribution in [0.3, 0.4) is 0 Å². The predicted molar refractivity (Wildman–Crippen MR) is 117 cm³/mol. The van der Waals surface area contributed by atoms with Crippen LogP contribution in [0.5, 0.6) is 11.5 Å². The molecule has 1 saturated heterocycles. The topological polar surface area (TPSA) is 71.1 Å². The van der Waals surface area contributed by atoms with Crippen LogP contribution in [0.2, 0.25) is 0 Å². The average molecular weight is 429 g/mol. The highest BCUT2D eigenvalue weighted by atomic mass is 19.1. The molecule has 166 valence electrons. The Morgan fingerprint density at radius 2 is 2.00 bits per heavy atom. The van der Waals surface area contributed by atoms with E-state index >= 15 is 0 Å². The highest BCUT2D eigenvalue weighted by molar-refractivity contribution is 6.01. The first-order valence-electron chi connectivity index (χ1n) is 10.2. The number of nitrogens with one attached hydrogen (secondary N) is 1. The summed E-state index contributed by atoms with van der Waals surface area (Å²) in [5, 5.41) is 2.90. The number of carbonyl (C=O) groups is 2. The van der Waals surface area contributed by atoms with Gasteiger partial charge in [0.25, 0.3) is 0 Å². The molecule has 1 heterocycles. The van der Waals surface area contributed by atoms with Crippen LogP contribution < -0.4 is 24.6 Å². The van der Waals surface area contributed by atoms with E-state index in [0.717, 1.165) is 0 Å². The second kappa shape index (κ2) is 10.1. The van der Waals surface area contributed by atoms with E-state index in [4.69, 9.17) is 9.47 Å². The molecule has 1 aliphatic rings. The zero-order valence-electron chi connectivity index (χ0n) is 18.1. The summed E-state index contributed by atoms with van der Waals surface area (Å²) < 4.78 is 24.4. The van der Waals surface area contributed by atoms with Gasteiger partial charge in [-0.3, -0.25) is 9.59 Å². The molecule has 0 saturated carbocycles. The summed E-state index contributed by atoms with van der Waals surface area (Å²) in [5.41, 5.74) is 1.15. The summed E-state index contributed by atoms with van der Waals surface area (Å²) in [6, 6.07) is 11.8. The van der Waals surface area contributed by atoms with Crippen molar-refractivity contribution in [1.82, 2.24) is 5.32 Å². The van der Waals surface area contributed by atoms with Gasteiger partial charge < -0.3 is 24.6 Å². The zero-order valence-corrected chi connectivity index (χ0v) is 18.1. The number of anilines is 2. The van der Waals surface area contributed by atoms with E-state index in [0.29, 0.717) is 48.9 Å². The Balaban J connectivity index is 1.51. The summed E-state index contributed by atoms with van der Waals surface area (Å²) in [6.07, 6.45) is 0.809. The Morgan fingerprint density at radius 3 is 2.71 bits per heavy atom. The summed E-state index contributed by atoms with van der Waals surface area (Å²) in [5.74, 6) is 0.169. The van der Waals surface area contributed by atoms with Crippen LogP contribution in [0, 0.1) is 11.7 Å². The van der Waals surface area contributed by atoms with Crippen molar-refractivity contribution >= 4 is 23.2 Å². The van der Waals surface area contributed by atoms with E-state index in [2.05, 4.69) is 5.32 Å². The van der Waals surface area contributed by atoms with Crippen molar-refractivity contribution < 1.29 is 23.5 Å². The Morgan fingerprint density at radius 1 is 1.23 bits per heavy atom. The van der Waals surface area contributed by atoms with Crippen molar-refractivity contribution in [2.45, 2.75) is 12.8 Å². The molecule has 2 aromatic rings. The molecule has 1 N–H and O–H groups in total. The molecule has 1 unspecified atom stereocenters. The van der Waals surface area contributed by atoms with Gasteiger partial charge in [-0.15, -0.1) is 0 Å². The van der Waals surface area contributed by atoms with Crippen LogP contribution in [0.25, 0.3) is 0 Å². The van der Waals surface area contributed by atoms with Crippen LogP contribution in [0.4, 0.5) is 15.8 Å². The molecule has 0 bridgehead atoms. The van der Waals surface area contributed by atoms with E-state index in [1.807, 2.05) is 11.9 Å². The largest absolute Gasteiger partial charge is 0.497 e. The number of carbonyl (C=O) groups excluding carboxylic acids is 2. The summed E-state index contributed by atoms with van der Waals surface area (Å²) in [4.78, 5) is 28.5. The maximum atomic E-state index is 13.8. The van der Waals surface area contributed by atoms with Crippen molar-refractivity contribution in [3.8, 4) is 11.5 Å². The van der Waals surface area contributed by atoms with Gasteiger partial charge in [-0.25, -0.2) is 4.39 Å². The molecular weight excluding hydrogens is 401 g/mol. The van der Waals surface area contributed by atoms with Gasteiger partial charge in [0.15, 0.2) is 0 Å². The molecule has 2 aromatic carbocycles. The Bertz CT molecular complexity index is 937. The molecule has 7 nitrogen and oxygen atoms in total. The molecule has 0 spiro atoms. The van der Waals surface area contributed by atoms with Gasteiger partial charge in [0.05, 0.1) is 31.5 Å². The van der Waals surface area contributed by atoms with Crippen molar-refractivity contribution in [2.75, 3.05) is 50.7 Å². The molecule has 8 heteroatoms. The maximum Gasteiger partial charge on any atom is 0.227 e. The SMILES string of the molecule is COc1ccc(N2CC(C(=O)NCCCN(C)c3ccccc3F)CC2=O)c(OC)c1. The monoisotopic (exact) mass is 429 g/mol. The van der Waals surface area contributed by atoms with Gasteiger partial charge in [0.1, 0.15) is 17.3 Å². The van der Waals surface area contributed by atoms with Gasteiger partial charge >= 0.3 is 0 Å². The van der Waals surface area contributed by atoms with Crippen LogP contribution in [-0.4, -0.2) is 52.7 Å². The lowest BCUT2D eigenvalue weighted by Crippen LogP contribution is -2.34. The Hall–Kier alpha value is -3.29. The van der Waals surface area contributed by atoms with Crippen LogP contribution in [0.1, 0.15) is 12.8 Å². The molecule has 0 aromatic heterocycles. The molecule has 3 rings (SSSR count). The molecule has 1 aliphatic heterocycles. The number of nitrogens with zero attached hydrogens (tertiary/aromatic N) is 2. The van der Waals surface area contributed by atoms with Crippen LogP contribution in [-0.2, 0) is 9.59 Å². The Kier molecular flexibility index (Phi) is 7.33. The van der Waals surface area contributed by atoms with Crippen molar-refractivity contribution in [3.05, 3.63) is 48.3 Å². The first kappa shape index (κ1) is 22.4. The normalized spacial score (nSPS) is 15.7. The molecule has 0 radical (unpaired) electrons. The van der Waals surface area contributed by atoms with Crippen molar-refractivity contribution in [3.63, 3.8) is 0 Å². The fraction of sp³-hybridized carbons (Fsp3) is 0.391. The number of halogens is 1. The fourth-order valence-electron chi connectivity index (χ4n) is 3.68. The number of hydrogen-bond donors (Lipinski definition) is 1. The third-order valence-electron chi connectivity index (χ3n) is 5.41. The lowest BCUT2D eigenvalue weighted by Gasteiger charge is -2.21.